The van der Waals surface area contributed by atoms with E-state index < -0.39 is 10.3 Å². The van der Waals surface area contributed by atoms with Crippen LogP contribution in [0.2, 0.25) is 0 Å². The van der Waals surface area contributed by atoms with E-state index in [2.05, 4.69) is 4.72 Å². The van der Waals surface area contributed by atoms with Crippen LogP contribution in [0, 0.1) is 5.82 Å². The van der Waals surface area contributed by atoms with E-state index in [1.165, 1.54) is 12.1 Å². The second-order valence-electron chi connectivity index (χ2n) is 6.19. The zero-order valence-corrected chi connectivity index (χ0v) is 14.8. The van der Waals surface area contributed by atoms with Gasteiger partial charge in [-0.15, -0.1) is 0 Å². The first-order valence-corrected chi connectivity index (χ1v) is 9.55. The molecule has 0 spiro atoms. The van der Waals surface area contributed by atoms with Gasteiger partial charge in [0.15, 0.2) is 5.75 Å². The van der Waals surface area contributed by atoms with E-state index in [0.29, 0.717) is 11.3 Å². The van der Waals surface area contributed by atoms with Crippen LogP contribution in [0.15, 0.2) is 66.7 Å². The van der Waals surface area contributed by atoms with Gasteiger partial charge in [0, 0.05) is 11.1 Å². The smallest absolute Gasteiger partial charge is 0.370 e. The Labute approximate surface area is 151 Å². The number of nitrogens with one attached hydrogen (secondary N) is 1. The van der Waals surface area contributed by atoms with Crippen LogP contribution in [0.4, 0.5) is 4.39 Å². The number of benzene rings is 3. The predicted molar refractivity (Wildman–Crippen MR) is 98.4 cm³/mol. The van der Waals surface area contributed by atoms with Crippen molar-refractivity contribution < 1.29 is 17.0 Å². The topological polar surface area (TPSA) is 55.4 Å². The zero-order valence-electron chi connectivity index (χ0n) is 13.9. The molecule has 0 saturated carbocycles. The largest absolute Gasteiger partial charge is 0.383 e. The van der Waals surface area contributed by atoms with Gasteiger partial charge in [-0.3, -0.25) is 0 Å². The summed E-state index contributed by atoms with van der Waals surface area (Å²) in [4.78, 5) is 0. The Morgan fingerprint density at radius 1 is 0.885 bits per heavy atom. The first-order valence-electron chi connectivity index (χ1n) is 8.14. The average molecular weight is 369 g/mol. The molecule has 0 bridgehead atoms. The van der Waals surface area contributed by atoms with Crippen LogP contribution in [0.25, 0.3) is 22.3 Å². The molecule has 0 aromatic heterocycles. The fourth-order valence-corrected chi connectivity index (χ4v) is 4.13. The zero-order chi connectivity index (χ0) is 18.3. The van der Waals surface area contributed by atoms with Gasteiger partial charge in [-0.2, -0.15) is 13.1 Å². The van der Waals surface area contributed by atoms with Crippen LogP contribution in [0.3, 0.4) is 0 Å². The van der Waals surface area contributed by atoms with Gasteiger partial charge < -0.3 is 4.18 Å². The van der Waals surface area contributed by atoms with E-state index in [4.69, 9.17) is 4.18 Å². The van der Waals surface area contributed by atoms with Crippen molar-refractivity contribution in [3.05, 3.63) is 78.1 Å². The summed E-state index contributed by atoms with van der Waals surface area (Å²) in [6.07, 6.45) is 0. The van der Waals surface area contributed by atoms with E-state index in [1.54, 1.807) is 19.1 Å². The summed E-state index contributed by atoms with van der Waals surface area (Å²) in [5, 5.41) is 0. The molecular weight excluding hydrogens is 353 g/mol. The summed E-state index contributed by atoms with van der Waals surface area (Å²) in [6, 6.07) is 19.1. The Kier molecular flexibility index (Phi) is 4.01. The Hall–Kier alpha value is -2.70. The lowest BCUT2D eigenvalue weighted by molar-refractivity contribution is 0.437. The lowest BCUT2D eigenvalue weighted by atomic mass is 9.96. The molecule has 0 fully saturated rings. The fraction of sp³-hybridized carbons (Fsp3) is 0.100. The van der Waals surface area contributed by atoms with Crippen molar-refractivity contribution in [2.24, 2.45) is 0 Å². The van der Waals surface area contributed by atoms with Crippen LogP contribution in [0.5, 0.6) is 5.75 Å². The third-order valence-corrected chi connectivity index (χ3v) is 5.43. The minimum Gasteiger partial charge on any atom is -0.370 e. The summed E-state index contributed by atoms with van der Waals surface area (Å²) in [5.74, 6) is 0.0793. The minimum absolute atomic E-state index is 0.276. The molecule has 6 heteroatoms. The highest BCUT2D eigenvalue weighted by Gasteiger charge is 2.29. The van der Waals surface area contributed by atoms with Gasteiger partial charge in [-0.25, -0.2) is 4.39 Å². The van der Waals surface area contributed by atoms with E-state index in [1.807, 2.05) is 42.5 Å². The minimum atomic E-state index is -3.82. The number of rotatable bonds is 2. The van der Waals surface area contributed by atoms with E-state index in [9.17, 15) is 12.8 Å². The lowest BCUT2D eigenvalue weighted by Crippen LogP contribution is -2.35. The highest BCUT2D eigenvalue weighted by Crippen LogP contribution is 2.40. The molecular formula is C20H16FNO3S. The second-order valence-corrected chi connectivity index (χ2v) is 7.50. The molecule has 1 N–H and O–H groups in total. The van der Waals surface area contributed by atoms with Crippen LogP contribution < -0.4 is 8.91 Å². The van der Waals surface area contributed by atoms with Gasteiger partial charge in [0.1, 0.15) is 5.82 Å². The standard InChI is InChI=1S/C20H16FNO3S/c1-13-18-3-2-4-19(20(18)25-26(23,24)22-13)16-7-5-14(6-8-16)15-9-11-17(21)12-10-15/h2-13,22H,1H3. The lowest BCUT2D eigenvalue weighted by Gasteiger charge is -2.25. The van der Waals surface area contributed by atoms with Crippen molar-refractivity contribution in [2.75, 3.05) is 0 Å². The first-order chi connectivity index (χ1) is 12.4. The predicted octanol–water partition coefficient (Wildman–Crippen LogP) is 4.45. The molecule has 4 nitrogen and oxygen atoms in total. The highest BCUT2D eigenvalue weighted by molar-refractivity contribution is 7.85. The molecule has 3 aromatic rings. The van der Waals surface area contributed by atoms with Crippen LogP contribution >= 0.6 is 0 Å². The maximum absolute atomic E-state index is 13.1. The fourth-order valence-electron chi connectivity index (χ4n) is 3.11. The third kappa shape index (κ3) is 3.09. The van der Waals surface area contributed by atoms with E-state index >= 15 is 0 Å². The van der Waals surface area contributed by atoms with Crippen molar-refractivity contribution in [2.45, 2.75) is 13.0 Å². The Morgan fingerprint density at radius 2 is 1.46 bits per heavy atom. The van der Waals surface area contributed by atoms with Gasteiger partial charge in [-0.05, 0) is 35.7 Å². The third-order valence-electron chi connectivity index (χ3n) is 4.40. The average Bonchev–Trinajstić information content (AvgIpc) is 2.61. The summed E-state index contributed by atoms with van der Waals surface area (Å²) in [5.41, 5.74) is 4.20. The maximum Gasteiger partial charge on any atom is 0.383 e. The summed E-state index contributed by atoms with van der Waals surface area (Å²) < 4.78 is 44.6. The van der Waals surface area contributed by atoms with Gasteiger partial charge in [0.05, 0.1) is 6.04 Å². The number of halogens is 1. The van der Waals surface area contributed by atoms with Crippen molar-refractivity contribution in [3.8, 4) is 28.0 Å². The normalized spacial score (nSPS) is 18.0. The van der Waals surface area contributed by atoms with Gasteiger partial charge in [-0.1, -0.05) is 54.6 Å². The Bertz CT molecular complexity index is 1060. The van der Waals surface area contributed by atoms with Crippen LogP contribution in [-0.2, 0) is 10.3 Å². The van der Waals surface area contributed by atoms with Gasteiger partial charge in [0.25, 0.3) is 0 Å². The molecule has 0 saturated heterocycles. The Balaban J connectivity index is 1.75. The molecule has 1 aliphatic heterocycles. The molecule has 0 amide bonds. The quantitative estimate of drug-likeness (QED) is 0.726. The van der Waals surface area contributed by atoms with Crippen molar-refractivity contribution >= 4 is 10.3 Å². The number of para-hydroxylation sites is 1. The summed E-state index contributed by atoms with van der Waals surface area (Å²) >= 11 is 0. The summed E-state index contributed by atoms with van der Waals surface area (Å²) in [7, 11) is -3.82. The monoisotopic (exact) mass is 369 g/mol. The molecule has 4 rings (SSSR count). The van der Waals surface area contributed by atoms with Crippen LogP contribution in [-0.4, -0.2) is 8.42 Å². The van der Waals surface area contributed by atoms with Gasteiger partial charge >= 0.3 is 10.3 Å². The molecule has 1 unspecified atom stereocenters. The summed E-state index contributed by atoms with van der Waals surface area (Å²) in [6.45, 7) is 1.78. The maximum atomic E-state index is 13.1. The number of fused-ring (bicyclic) bond motifs is 1. The highest BCUT2D eigenvalue weighted by atomic mass is 32.2. The van der Waals surface area contributed by atoms with Gasteiger partial charge in [0.2, 0.25) is 0 Å². The van der Waals surface area contributed by atoms with Crippen molar-refractivity contribution in [3.63, 3.8) is 0 Å². The molecule has 1 heterocycles. The van der Waals surface area contributed by atoms with Crippen molar-refractivity contribution in [1.82, 2.24) is 4.72 Å². The molecule has 1 aliphatic rings. The van der Waals surface area contributed by atoms with E-state index in [-0.39, 0.29) is 11.9 Å². The molecule has 26 heavy (non-hydrogen) atoms. The Morgan fingerprint density at radius 3 is 2.12 bits per heavy atom. The first kappa shape index (κ1) is 16.8. The SMILES string of the molecule is CC1NS(=O)(=O)Oc2c(-c3ccc(-c4ccc(F)cc4)cc3)cccc21. The molecule has 3 aromatic carbocycles. The van der Waals surface area contributed by atoms with Crippen LogP contribution in [0.1, 0.15) is 18.5 Å². The van der Waals surface area contributed by atoms with Crippen molar-refractivity contribution in [1.29, 1.82) is 0 Å². The number of hydrogen-bond acceptors (Lipinski definition) is 3. The second kappa shape index (κ2) is 6.23. The number of hydrogen-bond donors (Lipinski definition) is 1. The molecule has 0 aliphatic carbocycles. The molecule has 0 radical (unpaired) electrons. The molecule has 1 atom stereocenters. The van der Waals surface area contributed by atoms with E-state index in [0.717, 1.165) is 22.3 Å². The molecule has 132 valence electrons.